The Balaban J connectivity index is 1.97. The Morgan fingerprint density at radius 2 is 1.95 bits per heavy atom. The number of amides is 1. The predicted octanol–water partition coefficient (Wildman–Crippen LogP) is 2.20. The van der Waals surface area contributed by atoms with Crippen molar-refractivity contribution in [1.29, 1.82) is 0 Å². The smallest absolute Gasteiger partial charge is 0.241 e. The van der Waals surface area contributed by atoms with E-state index in [9.17, 15) is 4.79 Å². The van der Waals surface area contributed by atoms with E-state index in [0.29, 0.717) is 11.9 Å². The number of piperidine rings is 1. The van der Waals surface area contributed by atoms with Crippen LogP contribution in [0.5, 0.6) is 0 Å². The predicted molar refractivity (Wildman–Crippen MR) is 82.5 cm³/mol. The molecule has 0 spiro atoms. The maximum Gasteiger partial charge on any atom is 0.241 e. The van der Waals surface area contributed by atoms with Gasteiger partial charge in [-0.25, -0.2) is 0 Å². The van der Waals surface area contributed by atoms with E-state index < -0.39 is 0 Å². The van der Waals surface area contributed by atoms with Gasteiger partial charge >= 0.3 is 0 Å². The van der Waals surface area contributed by atoms with Crippen molar-refractivity contribution < 1.29 is 4.79 Å². The van der Waals surface area contributed by atoms with Gasteiger partial charge in [0.05, 0.1) is 12.2 Å². The summed E-state index contributed by atoms with van der Waals surface area (Å²) in [5, 5.41) is 3.52. The molecule has 2 aliphatic heterocycles. The van der Waals surface area contributed by atoms with E-state index in [0.717, 1.165) is 25.8 Å². The quantitative estimate of drug-likeness (QED) is 0.811. The number of hydrogen-bond acceptors (Lipinski definition) is 3. The molecule has 20 heavy (non-hydrogen) atoms. The highest BCUT2D eigenvalue weighted by molar-refractivity contribution is 5.84. The number of rotatable bonds is 6. The zero-order chi connectivity index (χ0) is 14.5. The van der Waals surface area contributed by atoms with Crippen LogP contribution in [0.25, 0.3) is 0 Å². The summed E-state index contributed by atoms with van der Waals surface area (Å²) in [7, 11) is 0. The maximum atomic E-state index is 12.5. The maximum absolute atomic E-state index is 12.5. The lowest BCUT2D eigenvalue weighted by molar-refractivity contribution is -0.132. The summed E-state index contributed by atoms with van der Waals surface area (Å²) >= 11 is 0. The van der Waals surface area contributed by atoms with Crippen molar-refractivity contribution in [2.75, 3.05) is 19.6 Å². The molecule has 0 aromatic carbocycles. The Bertz CT molecular complexity index is 315. The molecule has 4 heteroatoms. The van der Waals surface area contributed by atoms with Crippen LogP contribution >= 0.6 is 0 Å². The number of likely N-dealkylation sites (tertiary alicyclic amines) is 1. The van der Waals surface area contributed by atoms with Gasteiger partial charge in [0.15, 0.2) is 0 Å². The van der Waals surface area contributed by atoms with E-state index in [1.165, 1.54) is 32.4 Å². The molecule has 1 amide bonds. The molecule has 2 fully saturated rings. The minimum absolute atomic E-state index is 0.0374. The van der Waals surface area contributed by atoms with Crippen LogP contribution < -0.4 is 5.32 Å². The van der Waals surface area contributed by atoms with Gasteiger partial charge in [0, 0.05) is 12.6 Å². The fourth-order valence-electron chi connectivity index (χ4n) is 3.63. The summed E-state index contributed by atoms with van der Waals surface area (Å²) in [5.41, 5.74) is 0. The summed E-state index contributed by atoms with van der Waals surface area (Å²) in [6.07, 6.45) is 7.32. The average Bonchev–Trinajstić information content (AvgIpc) is 2.76. The van der Waals surface area contributed by atoms with E-state index in [2.05, 4.69) is 35.9 Å². The molecule has 0 radical (unpaired) electrons. The monoisotopic (exact) mass is 281 g/mol. The van der Waals surface area contributed by atoms with Crippen molar-refractivity contribution in [3.8, 4) is 0 Å². The SMILES string of the molecule is CCCC1NC(CC)C(=O)N1C(C)CN1CCCCC1. The normalized spacial score (nSPS) is 29.9. The van der Waals surface area contributed by atoms with Crippen LogP contribution in [0, 0.1) is 0 Å². The number of nitrogens with one attached hydrogen (secondary N) is 1. The van der Waals surface area contributed by atoms with Gasteiger partial charge in [0.1, 0.15) is 0 Å². The third-order valence-electron chi connectivity index (χ3n) is 4.70. The Labute approximate surface area is 123 Å². The highest BCUT2D eigenvalue weighted by Crippen LogP contribution is 2.21. The largest absolute Gasteiger partial charge is 0.322 e. The molecule has 0 aliphatic carbocycles. The Morgan fingerprint density at radius 3 is 2.55 bits per heavy atom. The molecule has 1 N–H and O–H groups in total. The molecular weight excluding hydrogens is 250 g/mol. The molecule has 2 aliphatic rings. The van der Waals surface area contributed by atoms with Crippen molar-refractivity contribution in [3.63, 3.8) is 0 Å². The summed E-state index contributed by atoms with van der Waals surface area (Å²) in [4.78, 5) is 17.2. The standard InChI is InChI=1S/C16H31N3O/c1-4-9-15-17-14(5-2)16(20)19(15)13(3)12-18-10-7-6-8-11-18/h13-15,17H,4-12H2,1-3H3. The lowest BCUT2D eigenvalue weighted by Gasteiger charge is -2.35. The number of hydrogen-bond donors (Lipinski definition) is 1. The van der Waals surface area contributed by atoms with Gasteiger partial charge in [0.25, 0.3) is 0 Å². The minimum atomic E-state index is 0.0374. The third-order valence-corrected chi connectivity index (χ3v) is 4.70. The summed E-state index contributed by atoms with van der Waals surface area (Å²) in [6, 6.07) is 0.358. The van der Waals surface area contributed by atoms with Crippen LogP contribution in [-0.4, -0.2) is 53.6 Å². The number of carbonyl (C=O) groups excluding carboxylic acids is 1. The van der Waals surface area contributed by atoms with Crippen molar-refractivity contribution in [2.24, 2.45) is 0 Å². The molecule has 2 saturated heterocycles. The fourth-order valence-corrected chi connectivity index (χ4v) is 3.63. The summed E-state index contributed by atoms with van der Waals surface area (Å²) < 4.78 is 0. The molecule has 3 unspecified atom stereocenters. The number of nitrogens with zero attached hydrogens (tertiary/aromatic N) is 2. The first-order valence-electron chi connectivity index (χ1n) is 8.48. The average molecular weight is 281 g/mol. The van der Waals surface area contributed by atoms with Crippen LogP contribution in [0.4, 0.5) is 0 Å². The van der Waals surface area contributed by atoms with Gasteiger partial charge in [-0.1, -0.05) is 26.7 Å². The summed E-state index contributed by atoms with van der Waals surface area (Å²) in [5.74, 6) is 0.315. The van der Waals surface area contributed by atoms with Crippen LogP contribution in [0.1, 0.15) is 59.3 Å². The second kappa shape index (κ2) is 7.41. The van der Waals surface area contributed by atoms with Gasteiger partial charge in [-0.15, -0.1) is 0 Å². The van der Waals surface area contributed by atoms with Gasteiger partial charge in [-0.3, -0.25) is 10.1 Å². The van der Waals surface area contributed by atoms with Crippen LogP contribution in [0.3, 0.4) is 0 Å². The van der Waals surface area contributed by atoms with Crippen LogP contribution in [0.15, 0.2) is 0 Å². The zero-order valence-corrected chi connectivity index (χ0v) is 13.4. The highest BCUT2D eigenvalue weighted by atomic mass is 16.2. The van der Waals surface area contributed by atoms with Crippen LogP contribution in [-0.2, 0) is 4.79 Å². The van der Waals surface area contributed by atoms with E-state index in [1.807, 2.05) is 0 Å². The highest BCUT2D eigenvalue weighted by Gasteiger charge is 2.39. The molecular formula is C16H31N3O. The first-order chi connectivity index (χ1) is 9.67. The lowest BCUT2D eigenvalue weighted by Crippen LogP contribution is -2.49. The fraction of sp³-hybridized carbons (Fsp3) is 0.938. The molecule has 4 nitrogen and oxygen atoms in total. The van der Waals surface area contributed by atoms with Gasteiger partial charge < -0.3 is 9.80 Å². The second-order valence-corrected chi connectivity index (χ2v) is 6.39. The van der Waals surface area contributed by atoms with Crippen molar-refractivity contribution >= 4 is 5.91 Å². The molecule has 2 heterocycles. The topological polar surface area (TPSA) is 35.6 Å². The molecule has 3 atom stereocenters. The minimum Gasteiger partial charge on any atom is -0.322 e. The van der Waals surface area contributed by atoms with E-state index in [4.69, 9.17) is 0 Å². The second-order valence-electron chi connectivity index (χ2n) is 6.39. The van der Waals surface area contributed by atoms with Gasteiger partial charge in [-0.05, 0) is 45.7 Å². The van der Waals surface area contributed by atoms with Gasteiger partial charge in [0.2, 0.25) is 5.91 Å². The van der Waals surface area contributed by atoms with Crippen molar-refractivity contribution in [3.05, 3.63) is 0 Å². The molecule has 116 valence electrons. The Kier molecular flexibility index (Phi) is 5.85. The van der Waals surface area contributed by atoms with Crippen LogP contribution in [0.2, 0.25) is 0 Å². The first-order valence-corrected chi connectivity index (χ1v) is 8.48. The zero-order valence-electron chi connectivity index (χ0n) is 13.4. The van der Waals surface area contributed by atoms with Crippen molar-refractivity contribution in [1.82, 2.24) is 15.1 Å². The molecule has 0 aromatic heterocycles. The lowest BCUT2D eigenvalue weighted by atomic mass is 10.1. The van der Waals surface area contributed by atoms with E-state index >= 15 is 0 Å². The summed E-state index contributed by atoms with van der Waals surface area (Å²) in [6.45, 7) is 9.94. The molecule has 0 saturated carbocycles. The van der Waals surface area contributed by atoms with Crippen molar-refractivity contribution in [2.45, 2.75) is 77.5 Å². The Hall–Kier alpha value is -0.610. The van der Waals surface area contributed by atoms with Gasteiger partial charge in [-0.2, -0.15) is 0 Å². The van der Waals surface area contributed by atoms with E-state index in [1.54, 1.807) is 0 Å². The molecule has 0 aromatic rings. The molecule has 2 rings (SSSR count). The first kappa shape index (κ1) is 15.8. The molecule has 0 bridgehead atoms. The third kappa shape index (κ3) is 3.53. The number of carbonyl (C=O) groups is 1. The Morgan fingerprint density at radius 1 is 1.25 bits per heavy atom. The van der Waals surface area contributed by atoms with E-state index in [-0.39, 0.29) is 12.2 Å².